The van der Waals surface area contributed by atoms with Crippen LogP contribution < -0.4 is 5.32 Å². The van der Waals surface area contributed by atoms with Gasteiger partial charge in [0.2, 0.25) is 5.91 Å². The number of nitrogens with one attached hydrogen (secondary N) is 1. The molecule has 4 rings (SSSR count). The maximum absolute atomic E-state index is 12.5. The zero-order chi connectivity index (χ0) is 19.7. The van der Waals surface area contributed by atoms with E-state index >= 15 is 0 Å². The van der Waals surface area contributed by atoms with E-state index in [1.165, 1.54) is 60.6 Å². The van der Waals surface area contributed by atoms with Crippen molar-refractivity contribution >= 4 is 17.7 Å². The number of rotatable bonds is 7. The minimum absolute atomic E-state index is 0.0212. The van der Waals surface area contributed by atoms with Crippen molar-refractivity contribution in [2.24, 2.45) is 0 Å². The molecule has 2 aromatic rings. The number of aromatic nitrogens is 3. The number of hydrogen-bond donors (Lipinski definition) is 1. The zero-order valence-corrected chi connectivity index (χ0v) is 17.9. The van der Waals surface area contributed by atoms with Crippen LogP contribution in [0.5, 0.6) is 0 Å². The van der Waals surface area contributed by atoms with Crippen molar-refractivity contribution in [3.63, 3.8) is 0 Å². The van der Waals surface area contributed by atoms with E-state index < -0.39 is 0 Å². The first-order valence-corrected chi connectivity index (χ1v) is 11.5. The Balaban J connectivity index is 1.36. The van der Waals surface area contributed by atoms with E-state index in [2.05, 4.69) is 59.1 Å². The Hall–Kier alpha value is -1.82. The van der Waals surface area contributed by atoms with Crippen molar-refractivity contribution in [2.75, 3.05) is 5.75 Å². The maximum atomic E-state index is 12.5. The van der Waals surface area contributed by atoms with Crippen molar-refractivity contribution < 1.29 is 4.79 Å². The van der Waals surface area contributed by atoms with Crippen LogP contribution in [0.3, 0.4) is 0 Å². The second-order valence-electron chi connectivity index (χ2n) is 8.41. The summed E-state index contributed by atoms with van der Waals surface area (Å²) in [7, 11) is 0. The number of amides is 1. The van der Waals surface area contributed by atoms with Gasteiger partial charge in [-0.25, -0.2) is 0 Å². The number of nitrogens with zero attached hydrogens (tertiary/aromatic N) is 3. The number of carbonyl (C=O) groups excluding carboxylic acids is 1. The fourth-order valence-corrected chi connectivity index (χ4v) is 4.80. The van der Waals surface area contributed by atoms with Crippen molar-refractivity contribution in [1.82, 2.24) is 20.1 Å². The molecule has 1 amide bonds. The van der Waals surface area contributed by atoms with Crippen LogP contribution in [0.25, 0.3) is 0 Å². The van der Waals surface area contributed by atoms with Gasteiger partial charge in [0.15, 0.2) is 5.16 Å². The Morgan fingerprint density at radius 1 is 1.18 bits per heavy atom. The van der Waals surface area contributed by atoms with E-state index in [-0.39, 0.29) is 11.9 Å². The van der Waals surface area contributed by atoms with Crippen LogP contribution in [0.2, 0.25) is 0 Å². The van der Waals surface area contributed by atoms with Crippen LogP contribution in [-0.4, -0.2) is 26.4 Å². The van der Waals surface area contributed by atoms with Crippen LogP contribution in [-0.2, 0) is 17.6 Å². The predicted molar refractivity (Wildman–Crippen MR) is 113 cm³/mol. The van der Waals surface area contributed by atoms with Gasteiger partial charge in [0, 0.05) is 12.0 Å². The zero-order valence-electron chi connectivity index (χ0n) is 17.1. The number of benzene rings is 1. The van der Waals surface area contributed by atoms with Gasteiger partial charge in [-0.15, -0.1) is 10.2 Å². The van der Waals surface area contributed by atoms with Gasteiger partial charge in [0.05, 0.1) is 11.8 Å². The fourth-order valence-electron chi connectivity index (χ4n) is 3.98. The molecule has 2 aliphatic carbocycles. The molecule has 1 saturated carbocycles. The van der Waals surface area contributed by atoms with Crippen LogP contribution in [0.1, 0.15) is 87.0 Å². The molecule has 0 aliphatic heterocycles. The van der Waals surface area contributed by atoms with Crippen molar-refractivity contribution in [3.8, 4) is 0 Å². The standard InChI is InChI=1S/C22H30N4OS/c1-14(2)21-24-25-22(26(21)19-10-11-19)28-13-20(27)23-15(3)17-9-8-16-6-4-5-7-18(16)12-17/h8-9,12,14-15,19H,4-7,10-11,13H2,1-3H3,(H,23,27). The van der Waals surface area contributed by atoms with E-state index in [0.29, 0.717) is 17.7 Å². The van der Waals surface area contributed by atoms with Crippen LogP contribution in [0, 0.1) is 0 Å². The second-order valence-corrected chi connectivity index (χ2v) is 9.35. The summed E-state index contributed by atoms with van der Waals surface area (Å²) in [5, 5.41) is 12.7. The highest BCUT2D eigenvalue weighted by Crippen LogP contribution is 2.40. The topological polar surface area (TPSA) is 59.8 Å². The molecule has 0 radical (unpaired) electrons. The maximum Gasteiger partial charge on any atom is 0.230 e. The van der Waals surface area contributed by atoms with Gasteiger partial charge in [0.1, 0.15) is 5.82 Å². The molecule has 1 aromatic carbocycles. The molecule has 150 valence electrons. The van der Waals surface area contributed by atoms with Crippen molar-refractivity contribution in [1.29, 1.82) is 0 Å². The average Bonchev–Trinajstić information content (AvgIpc) is 3.44. The third-order valence-electron chi connectivity index (χ3n) is 5.70. The number of thioether (sulfide) groups is 1. The number of fused-ring (bicyclic) bond motifs is 1. The Morgan fingerprint density at radius 2 is 1.93 bits per heavy atom. The van der Waals surface area contributed by atoms with Gasteiger partial charge in [-0.05, 0) is 62.1 Å². The lowest BCUT2D eigenvalue weighted by Gasteiger charge is -2.20. The molecule has 1 atom stereocenters. The molecular formula is C22H30N4OS. The number of aryl methyl sites for hydroxylation is 2. The van der Waals surface area contributed by atoms with Gasteiger partial charge in [-0.2, -0.15) is 0 Å². The SMILES string of the molecule is CC(C)c1nnc(SCC(=O)NC(C)c2ccc3c(c2)CCCC3)n1C1CC1. The molecule has 1 N–H and O–H groups in total. The van der Waals surface area contributed by atoms with Crippen molar-refractivity contribution in [3.05, 3.63) is 40.7 Å². The highest BCUT2D eigenvalue weighted by atomic mass is 32.2. The number of carbonyl (C=O) groups is 1. The lowest BCUT2D eigenvalue weighted by Crippen LogP contribution is -2.28. The van der Waals surface area contributed by atoms with Gasteiger partial charge in [-0.1, -0.05) is 43.8 Å². The third kappa shape index (κ3) is 4.27. The summed E-state index contributed by atoms with van der Waals surface area (Å²) in [6.07, 6.45) is 7.29. The molecule has 5 nitrogen and oxygen atoms in total. The largest absolute Gasteiger partial charge is 0.349 e. The van der Waals surface area contributed by atoms with Gasteiger partial charge >= 0.3 is 0 Å². The van der Waals surface area contributed by atoms with E-state index in [0.717, 1.165) is 17.4 Å². The normalized spacial score (nSPS) is 17.4. The summed E-state index contributed by atoms with van der Waals surface area (Å²) in [6.45, 7) is 6.35. The molecule has 28 heavy (non-hydrogen) atoms. The summed E-state index contributed by atoms with van der Waals surface area (Å²) >= 11 is 1.50. The predicted octanol–water partition coefficient (Wildman–Crippen LogP) is 4.58. The lowest BCUT2D eigenvalue weighted by atomic mass is 9.89. The lowest BCUT2D eigenvalue weighted by molar-refractivity contribution is -0.119. The summed E-state index contributed by atoms with van der Waals surface area (Å²) < 4.78 is 2.25. The molecule has 0 saturated heterocycles. The molecule has 1 unspecified atom stereocenters. The quantitative estimate of drug-likeness (QED) is 0.693. The molecule has 1 aromatic heterocycles. The van der Waals surface area contributed by atoms with Crippen LogP contribution >= 0.6 is 11.8 Å². The molecule has 0 spiro atoms. The summed E-state index contributed by atoms with van der Waals surface area (Å²) in [5.41, 5.74) is 4.13. The fraction of sp³-hybridized carbons (Fsp3) is 0.591. The van der Waals surface area contributed by atoms with E-state index in [1.54, 1.807) is 0 Å². The smallest absolute Gasteiger partial charge is 0.230 e. The summed E-state index contributed by atoms with van der Waals surface area (Å²) in [5.74, 6) is 1.80. The number of hydrogen-bond acceptors (Lipinski definition) is 4. The molecule has 1 fully saturated rings. The van der Waals surface area contributed by atoms with E-state index in [4.69, 9.17) is 0 Å². The Labute approximate surface area is 171 Å². The first kappa shape index (κ1) is 19.5. The highest BCUT2D eigenvalue weighted by Gasteiger charge is 2.30. The molecule has 1 heterocycles. The molecule has 6 heteroatoms. The molecule has 0 bridgehead atoms. The summed E-state index contributed by atoms with van der Waals surface area (Å²) in [6, 6.07) is 7.24. The van der Waals surface area contributed by atoms with E-state index in [1.807, 2.05) is 0 Å². The Bertz CT molecular complexity index is 856. The highest BCUT2D eigenvalue weighted by molar-refractivity contribution is 7.99. The van der Waals surface area contributed by atoms with Crippen LogP contribution in [0.15, 0.2) is 23.4 Å². The monoisotopic (exact) mass is 398 g/mol. The second kappa shape index (κ2) is 8.27. The first-order chi connectivity index (χ1) is 13.5. The first-order valence-electron chi connectivity index (χ1n) is 10.5. The van der Waals surface area contributed by atoms with Crippen LogP contribution in [0.4, 0.5) is 0 Å². The third-order valence-corrected chi connectivity index (χ3v) is 6.64. The van der Waals surface area contributed by atoms with Gasteiger partial charge in [0.25, 0.3) is 0 Å². The minimum Gasteiger partial charge on any atom is -0.349 e. The minimum atomic E-state index is 0.0212. The Kier molecular flexibility index (Phi) is 5.76. The molecular weight excluding hydrogens is 368 g/mol. The summed E-state index contributed by atoms with van der Waals surface area (Å²) in [4.78, 5) is 12.5. The molecule has 2 aliphatic rings. The van der Waals surface area contributed by atoms with E-state index in [9.17, 15) is 4.79 Å². The Morgan fingerprint density at radius 3 is 2.64 bits per heavy atom. The van der Waals surface area contributed by atoms with Gasteiger partial charge < -0.3 is 9.88 Å². The van der Waals surface area contributed by atoms with Crippen molar-refractivity contribution in [2.45, 2.75) is 82.5 Å². The average molecular weight is 399 g/mol. The van der Waals surface area contributed by atoms with Gasteiger partial charge in [-0.3, -0.25) is 4.79 Å².